The van der Waals surface area contributed by atoms with Crippen molar-refractivity contribution in [1.82, 2.24) is 14.8 Å². The smallest absolute Gasteiger partial charge is 0.195 e. The van der Waals surface area contributed by atoms with Crippen LogP contribution >= 0.6 is 12.2 Å². The van der Waals surface area contributed by atoms with Gasteiger partial charge in [0, 0.05) is 11.5 Å². The third kappa shape index (κ3) is 1.63. The minimum absolute atomic E-state index is 0.0377. The van der Waals surface area contributed by atoms with Crippen LogP contribution in [0.4, 0.5) is 0 Å². The van der Waals surface area contributed by atoms with Gasteiger partial charge in [-0.15, -0.1) is 0 Å². The number of hydrogen-bond acceptors (Lipinski definition) is 2. The van der Waals surface area contributed by atoms with Crippen molar-refractivity contribution < 1.29 is 0 Å². The quantitative estimate of drug-likeness (QED) is 0.796. The minimum atomic E-state index is -0.0377. The average molecular weight is 259 g/mol. The van der Waals surface area contributed by atoms with Gasteiger partial charge in [-0.1, -0.05) is 24.3 Å². The lowest BCUT2D eigenvalue weighted by molar-refractivity contribution is 0.368. The van der Waals surface area contributed by atoms with E-state index in [0.717, 1.165) is 12.2 Å². The summed E-state index contributed by atoms with van der Waals surface area (Å²) in [6, 6.07) is 8.56. The molecule has 0 radical (unpaired) electrons. The summed E-state index contributed by atoms with van der Waals surface area (Å²) in [5.41, 5.74) is 2.78. The Morgan fingerprint density at radius 1 is 1.33 bits per heavy atom. The summed E-state index contributed by atoms with van der Waals surface area (Å²) in [4.78, 5) is 0. The normalized spacial score (nSPS) is 18.3. The van der Waals surface area contributed by atoms with Crippen LogP contribution in [0.25, 0.3) is 0 Å². The Bertz CT molecular complexity index is 646. The van der Waals surface area contributed by atoms with Crippen LogP contribution < -0.4 is 0 Å². The zero-order chi connectivity index (χ0) is 12.9. The molecule has 1 aromatic heterocycles. The van der Waals surface area contributed by atoms with Gasteiger partial charge in [0.05, 0.1) is 0 Å². The highest BCUT2D eigenvalue weighted by Crippen LogP contribution is 2.40. The monoisotopic (exact) mass is 259 g/mol. The number of fused-ring (bicyclic) bond motifs is 1. The molecule has 1 N–H and O–H groups in total. The highest BCUT2D eigenvalue weighted by Gasteiger charge is 2.33. The van der Waals surface area contributed by atoms with E-state index in [0.29, 0.717) is 10.7 Å². The standard InChI is InChI=1S/C14H17N3S/c1-14(2,3)17-12(15-16-13(17)18)11-8-9-6-4-5-7-10(9)11/h4-7,11H,8H2,1-3H3,(H,16,18). The number of aromatic nitrogens is 3. The van der Waals surface area contributed by atoms with Crippen LogP contribution in [0.1, 0.15) is 43.6 Å². The van der Waals surface area contributed by atoms with Gasteiger partial charge in [0.25, 0.3) is 0 Å². The van der Waals surface area contributed by atoms with Gasteiger partial charge in [0.1, 0.15) is 5.82 Å². The molecule has 1 aromatic carbocycles. The Morgan fingerprint density at radius 3 is 2.72 bits per heavy atom. The Balaban J connectivity index is 2.09. The van der Waals surface area contributed by atoms with Crippen molar-refractivity contribution in [2.75, 3.05) is 0 Å². The fourth-order valence-electron chi connectivity index (χ4n) is 2.68. The molecule has 1 aliphatic rings. The van der Waals surface area contributed by atoms with Gasteiger partial charge < -0.3 is 0 Å². The molecule has 0 amide bonds. The first-order valence-electron chi connectivity index (χ1n) is 6.24. The molecule has 1 heterocycles. The van der Waals surface area contributed by atoms with E-state index in [2.05, 4.69) is 59.8 Å². The lowest BCUT2D eigenvalue weighted by Gasteiger charge is -2.32. The van der Waals surface area contributed by atoms with Crippen molar-refractivity contribution in [2.24, 2.45) is 0 Å². The first kappa shape index (κ1) is 11.7. The van der Waals surface area contributed by atoms with Crippen molar-refractivity contribution in [2.45, 2.75) is 38.6 Å². The maximum absolute atomic E-state index is 5.36. The highest BCUT2D eigenvalue weighted by molar-refractivity contribution is 7.71. The third-order valence-electron chi connectivity index (χ3n) is 3.54. The number of rotatable bonds is 1. The van der Waals surface area contributed by atoms with E-state index < -0.39 is 0 Å². The molecule has 0 saturated carbocycles. The third-order valence-corrected chi connectivity index (χ3v) is 3.81. The summed E-state index contributed by atoms with van der Waals surface area (Å²) in [6.45, 7) is 6.48. The molecule has 3 rings (SSSR count). The predicted octanol–water partition coefficient (Wildman–Crippen LogP) is 3.38. The summed E-state index contributed by atoms with van der Waals surface area (Å²) in [7, 11) is 0. The molecule has 94 valence electrons. The summed E-state index contributed by atoms with van der Waals surface area (Å²) in [6.07, 6.45) is 1.06. The second kappa shape index (κ2) is 3.79. The van der Waals surface area contributed by atoms with Gasteiger partial charge in [0.15, 0.2) is 4.77 Å². The molecule has 2 aromatic rings. The molecule has 0 saturated heterocycles. The number of H-pyrrole nitrogens is 1. The van der Waals surface area contributed by atoms with Gasteiger partial charge in [0.2, 0.25) is 0 Å². The van der Waals surface area contributed by atoms with E-state index in [-0.39, 0.29) is 5.54 Å². The lowest BCUT2D eigenvalue weighted by atomic mass is 9.77. The molecule has 0 fully saturated rings. The number of nitrogens with one attached hydrogen (secondary N) is 1. The molecule has 0 bridgehead atoms. The molecular formula is C14H17N3S. The molecular weight excluding hydrogens is 242 g/mol. The highest BCUT2D eigenvalue weighted by atomic mass is 32.1. The van der Waals surface area contributed by atoms with Crippen LogP contribution in [-0.2, 0) is 12.0 Å². The number of benzene rings is 1. The number of nitrogens with zero attached hydrogens (tertiary/aromatic N) is 2. The van der Waals surface area contributed by atoms with Crippen LogP contribution in [0.3, 0.4) is 0 Å². The number of hydrogen-bond donors (Lipinski definition) is 1. The van der Waals surface area contributed by atoms with E-state index in [1.165, 1.54) is 11.1 Å². The average Bonchev–Trinajstić information content (AvgIpc) is 2.62. The zero-order valence-electron chi connectivity index (χ0n) is 10.9. The van der Waals surface area contributed by atoms with Gasteiger partial charge in [-0.05, 0) is 50.5 Å². The molecule has 4 heteroatoms. The first-order chi connectivity index (χ1) is 8.48. The maximum atomic E-state index is 5.36. The molecule has 1 unspecified atom stereocenters. The van der Waals surface area contributed by atoms with E-state index in [4.69, 9.17) is 12.2 Å². The first-order valence-corrected chi connectivity index (χ1v) is 6.65. The SMILES string of the molecule is CC(C)(C)n1c(C2Cc3ccccc32)n[nH]c1=S. The summed E-state index contributed by atoms with van der Waals surface area (Å²) in [5.74, 6) is 1.44. The zero-order valence-corrected chi connectivity index (χ0v) is 11.7. The summed E-state index contributed by atoms with van der Waals surface area (Å²) >= 11 is 5.36. The number of aromatic amines is 1. The van der Waals surface area contributed by atoms with Crippen LogP contribution in [0.5, 0.6) is 0 Å². The van der Waals surface area contributed by atoms with Crippen LogP contribution in [0.15, 0.2) is 24.3 Å². The molecule has 0 aliphatic heterocycles. The largest absolute Gasteiger partial charge is 0.298 e. The Hall–Kier alpha value is -1.42. The summed E-state index contributed by atoms with van der Waals surface area (Å²) in [5, 5.41) is 7.39. The van der Waals surface area contributed by atoms with Gasteiger partial charge in [-0.2, -0.15) is 5.10 Å². The molecule has 3 nitrogen and oxygen atoms in total. The molecule has 1 atom stereocenters. The molecule has 1 aliphatic carbocycles. The lowest BCUT2D eigenvalue weighted by Crippen LogP contribution is -2.29. The van der Waals surface area contributed by atoms with Crippen LogP contribution in [0, 0.1) is 4.77 Å². The predicted molar refractivity (Wildman–Crippen MR) is 74.4 cm³/mol. The van der Waals surface area contributed by atoms with Crippen molar-refractivity contribution in [3.05, 3.63) is 46.0 Å². The van der Waals surface area contributed by atoms with Crippen molar-refractivity contribution in [3.63, 3.8) is 0 Å². The minimum Gasteiger partial charge on any atom is -0.298 e. The van der Waals surface area contributed by atoms with Crippen molar-refractivity contribution >= 4 is 12.2 Å². The van der Waals surface area contributed by atoms with E-state index >= 15 is 0 Å². The molecule has 18 heavy (non-hydrogen) atoms. The fraction of sp³-hybridized carbons (Fsp3) is 0.429. The summed E-state index contributed by atoms with van der Waals surface area (Å²) < 4.78 is 2.85. The van der Waals surface area contributed by atoms with E-state index in [9.17, 15) is 0 Å². The molecule has 0 spiro atoms. The van der Waals surface area contributed by atoms with Crippen LogP contribution in [-0.4, -0.2) is 14.8 Å². The van der Waals surface area contributed by atoms with Gasteiger partial charge in [-0.3, -0.25) is 9.67 Å². The van der Waals surface area contributed by atoms with E-state index in [1.54, 1.807) is 0 Å². The Labute approximate surface area is 112 Å². The van der Waals surface area contributed by atoms with Crippen molar-refractivity contribution in [3.8, 4) is 0 Å². The second-order valence-corrected chi connectivity index (χ2v) is 6.24. The van der Waals surface area contributed by atoms with Gasteiger partial charge in [-0.25, -0.2) is 0 Å². The van der Waals surface area contributed by atoms with Gasteiger partial charge >= 0.3 is 0 Å². The maximum Gasteiger partial charge on any atom is 0.195 e. The van der Waals surface area contributed by atoms with Crippen LogP contribution in [0.2, 0.25) is 0 Å². The van der Waals surface area contributed by atoms with E-state index in [1.807, 2.05) is 0 Å². The fourth-order valence-corrected chi connectivity index (χ4v) is 3.09. The topological polar surface area (TPSA) is 33.6 Å². The van der Waals surface area contributed by atoms with Crippen molar-refractivity contribution in [1.29, 1.82) is 0 Å². The second-order valence-electron chi connectivity index (χ2n) is 5.85. The Kier molecular flexibility index (Phi) is 2.45. The Morgan fingerprint density at radius 2 is 2.06 bits per heavy atom.